The molecule has 1 spiro atoms. The second-order valence-corrected chi connectivity index (χ2v) is 11.3. The zero-order chi connectivity index (χ0) is 24.5. The normalized spacial score (nSPS) is 17.8. The van der Waals surface area contributed by atoms with Gasteiger partial charge in [-0.05, 0) is 61.6 Å². The number of carbonyl (C=O) groups is 2. The number of aryl methyl sites for hydroxylation is 2. The maximum atomic E-state index is 13.0. The van der Waals surface area contributed by atoms with Gasteiger partial charge in [-0.15, -0.1) is 0 Å². The Hall–Kier alpha value is -2.72. The van der Waals surface area contributed by atoms with Crippen molar-refractivity contribution in [1.82, 2.24) is 15.1 Å². The highest BCUT2D eigenvalue weighted by Gasteiger charge is 2.39. The van der Waals surface area contributed by atoms with E-state index in [2.05, 4.69) is 5.32 Å². The van der Waals surface area contributed by atoms with E-state index in [4.69, 9.17) is 9.84 Å². The Balaban J connectivity index is 1.64. The van der Waals surface area contributed by atoms with Gasteiger partial charge >= 0.3 is 5.97 Å². The first-order valence-electron chi connectivity index (χ1n) is 11.6. The second kappa shape index (κ2) is 9.50. The summed E-state index contributed by atoms with van der Waals surface area (Å²) >= 11 is 0. The van der Waals surface area contributed by atoms with E-state index >= 15 is 0 Å². The van der Waals surface area contributed by atoms with E-state index < -0.39 is 15.8 Å². The number of nitrogens with one attached hydrogen (secondary N) is 1. The minimum Gasteiger partial charge on any atom is -0.478 e. The van der Waals surface area contributed by atoms with Gasteiger partial charge in [-0.25, -0.2) is 13.2 Å². The largest absolute Gasteiger partial charge is 0.478 e. The van der Waals surface area contributed by atoms with Crippen LogP contribution in [0.4, 0.5) is 0 Å². The zero-order valence-corrected chi connectivity index (χ0v) is 20.4. The molecule has 2 aliphatic rings. The third-order valence-corrected chi connectivity index (χ3v) is 8.15. The Bertz CT molecular complexity index is 1210. The molecule has 184 valence electrons. The maximum Gasteiger partial charge on any atom is 0.336 e. The average molecular weight is 490 g/mol. The van der Waals surface area contributed by atoms with Gasteiger partial charge in [0, 0.05) is 32.6 Å². The van der Waals surface area contributed by atoms with Gasteiger partial charge in [0.25, 0.3) is 5.91 Å². The first kappa shape index (κ1) is 24.4. The summed E-state index contributed by atoms with van der Waals surface area (Å²) in [6.07, 6.45) is 4.92. The first-order chi connectivity index (χ1) is 16.1. The summed E-state index contributed by atoms with van der Waals surface area (Å²) in [7, 11) is -3.58. The van der Waals surface area contributed by atoms with Gasteiger partial charge in [0.05, 0.1) is 27.4 Å². The maximum absolute atomic E-state index is 13.0. The molecule has 9 nitrogen and oxygen atoms in total. The van der Waals surface area contributed by atoms with E-state index in [0.717, 1.165) is 36.9 Å². The van der Waals surface area contributed by atoms with E-state index in [9.17, 15) is 23.1 Å². The molecular formula is C24H31N3O6S. The monoisotopic (exact) mass is 489 g/mol. The lowest BCUT2D eigenvalue weighted by Gasteiger charge is -2.36. The second-order valence-electron chi connectivity index (χ2n) is 9.28. The number of rotatable bonds is 7. The van der Waals surface area contributed by atoms with Gasteiger partial charge in [-0.3, -0.25) is 9.48 Å². The summed E-state index contributed by atoms with van der Waals surface area (Å²) in [5.41, 5.74) is 2.54. The van der Waals surface area contributed by atoms with Crippen LogP contribution < -0.4 is 5.32 Å². The molecule has 0 bridgehead atoms. The number of carboxylic acid groups (broad SMARTS) is 1. The number of aromatic carboxylic acids is 1. The fraction of sp³-hybridized carbons (Fsp3) is 0.542. The quantitative estimate of drug-likeness (QED) is 0.611. The van der Waals surface area contributed by atoms with E-state index in [-0.39, 0.29) is 28.2 Å². The third kappa shape index (κ3) is 4.74. The van der Waals surface area contributed by atoms with Crippen molar-refractivity contribution in [3.63, 3.8) is 0 Å². The summed E-state index contributed by atoms with van der Waals surface area (Å²) < 4.78 is 32.0. The molecule has 0 unspecified atom stereocenters. The van der Waals surface area contributed by atoms with Crippen LogP contribution in [0.15, 0.2) is 23.1 Å². The Morgan fingerprint density at radius 3 is 2.68 bits per heavy atom. The molecule has 1 amide bonds. The molecule has 0 atom stereocenters. The van der Waals surface area contributed by atoms with E-state index in [1.807, 2.05) is 11.6 Å². The van der Waals surface area contributed by atoms with E-state index in [1.54, 1.807) is 0 Å². The van der Waals surface area contributed by atoms with Gasteiger partial charge < -0.3 is 15.2 Å². The average Bonchev–Trinajstić information content (AvgIpc) is 3.07. The SMILES string of the molecule is CCc1nn(CCCc2c(C(=O)O)cccc2S(C)(=O)=O)c2c1C(=O)NCC1(CCOCC1)C2. The summed E-state index contributed by atoms with van der Waals surface area (Å²) in [4.78, 5) is 24.8. The number of carbonyl (C=O) groups excluding carboxylic acids is 1. The molecule has 34 heavy (non-hydrogen) atoms. The van der Waals surface area contributed by atoms with Gasteiger partial charge in [-0.1, -0.05) is 13.0 Å². The Kier molecular flexibility index (Phi) is 6.82. The molecule has 1 fully saturated rings. The number of hydrogen-bond acceptors (Lipinski definition) is 6. The lowest BCUT2D eigenvalue weighted by Crippen LogP contribution is -2.40. The van der Waals surface area contributed by atoms with Gasteiger partial charge in [-0.2, -0.15) is 5.10 Å². The topological polar surface area (TPSA) is 128 Å². The molecule has 0 radical (unpaired) electrons. The predicted octanol–water partition coefficient (Wildman–Crippen LogP) is 2.26. The molecule has 1 saturated heterocycles. The van der Waals surface area contributed by atoms with E-state index in [1.165, 1.54) is 18.2 Å². The van der Waals surface area contributed by atoms with Crippen LogP contribution in [0.5, 0.6) is 0 Å². The molecule has 0 aliphatic carbocycles. The summed E-state index contributed by atoms with van der Waals surface area (Å²) in [5.74, 6) is -1.25. The van der Waals surface area contributed by atoms with Crippen LogP contribution in [0.1, 0.15) is 63.9 Å². The Morgan fingerprint density at radius 2 is 2.03 bits per heavy atom. The number of hydrogen-bond donors (Lipinski definition) is 2. The number of sulfone groups is 1. The number of benzene rings is 1. The summed E-state index contributed by atoms with van der Waals surface area (Å²) in [6.45, 7) is 4.37. The number of amides is 1. The van der Waals surface area contributed by atoms with Gasteiger partial charge in [0.15, 0.2) is 9.84 Å². The smallest absolute Gasteiger partial charge is 0.336 e. The summed E-state index contributed by atoms with van der Waals surface area (Å²) in [5, 5.41) is 17.4. The van der Waals surface area contributed by atoms with Crippen molar-refractivity contribution in [2.45, 2.75) is 56.9 Å². The molecule has 4 rings (SSSR count). The summed E-state index contributed by atoms with van der Waals surface area (Å²) in [6, 6.07) is 4.34. The molecule has 0 saturated carbocycles. The molecule has 1 aromatic heterocycles. The highest BCUT2D eigenvalue weighted by atomic mass is 32.2. The molecule has 2 N–H and O–H groups in total. The molecule has 1 aromatic carbocycles. The standard InChI is InChI=1S/C24H31N3O6S/c1-3-18-21-19(14-24(15-25-22(21)28)9-12-33-13-10-24)27(26-18)11-5-7-16-17(23(29)30)6-4-8-20(16)34(2,31)32/h4,6,8H,3,5,7,9-15H2,1-2H3,(H,25,28)(H,29,30). The first-order valence-corrected chi connectivity index (χ1v) is 13.5. The third-order valence-electron chi connectivity index (χ3n) is 6.97. The number of aromatic nitrogens is 2. The van der Waals surface area contributed by atoms with Crippen LogP contribution in [0.3, 0.4) is 0 Å². The highest BCUT2D eigenvalue weighted by molar-refractivity contribution is 7.90. The number of ether oxygens (including phenoxy) is 1. The Labute approximate surface area is 199 Å². The van der Waals surface area contributed by atoms with Crippen molar-refractivity contribution in [3.8, 4) is 0 Å². The predicted molar refractivity (Wildman–Crippen MR) is 125 cm³/mol. The van der Waals surface area contributed by atoms with Crippen molar-refractivity contribution in [2.24, 2.45) is 5.41 Å². The van der Waals surface area contributed by atoms with Crippen molar-refractivity contribution < 1.29 is 27.9 Å². The Morgan fingerprint density at radius 1 is 1.29 bits per heavy atom. The molecule has 10 heteroatoms. The molecule has 3 heterocycles. The fourth-order valence-corrected chi connectivity index (χ4v) is 6.12. The van der Waals surface area contributed by atoms with Gasteiger partial charge in [0.2, 0.25) is 0 Å². The van der Waals surface area contributed by atoms with Gasteiger partial charge in [0.1, 0.15) is 0 Å². The molecule has 2 aromatic rings. The van der Waals surface area contributed by atoms with Crippen LogP contribution in [0, 0.1) is 5.41 Å². The number of carboxylic acids is 1. The lowest BCUT2D eigenvalue weighted by atomic mass is 9.76. The molecular weight excluding hydrogens is 458 g/mol. The van der Waals surface area contributed by atoms with Crippen LogP contribution >= 0.6 is 0 Å². The minimum absolute atomic E-state index is 0.00278. The van der Waals surface area contributed by atoms with E-state index in [0.29, 0.717) is 50.3 Å². The van der Waals surface area contributed by atoms with Crippen LogP contribution in [0.2, 0.25) is 0 Å². The van der Waals surface area contributed by atoms with Crippen molar-refractivity contribution in [1.29, 1.82) is 0 Å². The molecule has 2 aliphatic heterocycles. The fourth-order valence-electron chi connectivity index (χ4n) is 5.13. The van der Waals surface area contributed by atoms with Crippen LogP contribution in [-0.4, -0.2) is 61.2 Å². The lowest BCUT2D eigenvalue weighted by molar-refractivity contribution is 0.0152. The minimum atomic E-state index is -3.58. The number of fused-ring (bicyclic) bond motifs is 1. The van der Waals surface area contributed by atoms with Crippen molar-refractivity contribution in [3.05, 3.63) is 46.3 Å². The van der Waals surface area contributed by atoms with Crippen molar-refractivity contribution in [2.75, 3.05) is 26.0 Å². The zero-order valence-electron chi connectivity index (χ0n) is 19.6. The number of nitrogens with zero attached hydrogens (tertiary/aromatic N) is 2. The van der Waals surface area contributed by atoms with Crippen molar-refractivity contribution >= 4 is 21.7 Å². The highest BCUT2D eigenvalue weighted by Crippen LogP contribution is 2.37. The van der Waals surface area contributed by atoms with Crippen LogP contribution in [-0.2, 0) is 40.4 Å². The van der Waals surface area contributed by atoms with Crippen LogP contribution in [0.25, 0.3) is 0 Å².